The van der Waals surface area contributed by atoms with Gasteiger partial charge in [-0.05, 0) is 51.6 Å². The number of amides is 1. The summed E-state index contributed by atoms with van der Waals surface area (Å²) >= 11 is 0. The summed E-state index contributed by atoms with van der Waals surface area (Å²) in [5.74, 6) is 1.87. The fourth-order valence-electron chi connectivity index (χ4n) is 2.83. The Balaban J connectivity index is 0.00000147. The first-order chi connectivity index (χ1) is 9.25. The first-order valence-electron chi connectivity index (χ1n) is 7.31. The molecule has 1 aromatic rings. The molecule has 1 aromatic heterocycles. The average Bonchev–Trinajstić information content (AvgIpc) is 3.19. The van der Waals surface area contributed by atoms with Gasteiger partial charge in [0, 0.05) is 12.0 Å². The van der Waals surface area contributed by atoms with Crippen molar-refractivity contribution in [1.82, 2.24) is 15.1 Å². The lowest BCUT2D eigenvalue weighted by Gasteiger charge is -2.22. The third-order valence-corrected chi connectivity index (χ3v) is 4.32. The maximum absolute atomic E-state index is 12.2. The maximum Gasteiger partial charge on any atom is 0.228 e. The van der Waals surface area contributed by atoms with Gasteiger partial charge in [0.25, 0.3) is 0 Å². The quantitative estimate of drug-likeness (QED) is 0.896. The maximum atomic E-state index is 12.2. The first-order valence-corrected chi connectivity index (χ1v) is 7.31. The van der Waals surface area contributed by atoms with E-state index in [-0.39, 0.29) is 24.2 Å². The van der Waals surface area contributed by atoms with Crippen LogP contribution in [0.15, 0.2) is 12.3 Å². The van der Waals surface area contributed by atoms with Crippen molar-refractivity contribution in [2.75, 3.05) is 18.4 Å². The molecule has 0 radical (unpaired) electrons. The predicted octanol–water partition coefficient (Wildman–Crippen LogP) is 2.21. The number of carbonyl (C=O) groups is 1. The molecule has 1 atom stereocenters. The minimum absolute atomic E-state index is 0. The minimum Gasteiger partial charge on any atom is -0.317 e. The number of nitrogens with one attached hydrogen (secondary N) is 2. The van der Waals surface area contributed by atoms with Crippen molar-refractivity contribution >= 4 is 24.1 Å². The van der Waals surface area contributed by atoms with Gasteiger partial charge in [0.2, 0.25) is 5.91 Å². The van der Waals surface area contributed by atoms with Crippen LogP contribution in [0.3, 0.4) is 0 Å². The third-order valence-electron chi connectivity index (χ3n) is 4.32. The van der Waals surface area contributed by atoms with Crippen molar-refractivity contribution in [1.29, 1.82) is 0 Å². The lowest BCUT2D eigenvalue weighted by atomic mass is 9.97. The molecule has 1 saturated heterocycles. The Morgan fingerprint density at radius 1 is 1.40 bits per heavy atom. The van der Waals surface area contributed by atoms with E-state index in [1.54, 1.807) is 6.20 Å². The molecule has 2 N–H and O–H groups in total. The minimum atomic E-state index is 0. The SMILES string of the molecule is CC(C1CC1)n1nccc1NC(=O)C1CCNCC1.Cl. The van der Waals surface area contributed by atoms with Crippen molar-refractivity contribution in [3.63, 3.8) is 0 Å². The Kier molecular flexibility index (Phi) is 5.05. The number of carbonyl (C=O) groups excluding carboxylic acids is 1. The largest absolute Gasteiger partial charge is 0.317 e. The van der Waals surface area contributed by atoms with Crippen molar-refractivity contribution in [2.24, 2.45) is 11.8 Å². The smallest absolute Gasteiger partial charge is 0.228 e. The molecule has 5 nitrogen and oxygen atoms in total. The number of aromatic nitrogens is 2. The Morgan fingerprint density at radius 3 is 2.75 bits per heavy atom. The summed E-state index contributed by atoms with van der Waals surface area (Å²) in [6.07, 6.45) is 6.19. The van der Waals surface area contributed by atoms with Gasteiger partial charge in [-0.3, -0.25) is 4.79 Å². The van der Waals surface area contributed by atoms with Crippen molar-refractivity contribution in [2.45, 2.75) is 38.6 Å². The van der Waals surface area contributed by atoms with Gasteiger partial charge in [-0.25, -0.2) is 4.68 Å². The van der Waals surface area contributed by atoms with E-state index in [4.69, 9.17) is 0 Å². The molecule has 20 heavy (non-hydrogen) atoms. The number of halogens is 1. The van der Waals surface area contributed by atoms with Crippen LogP contribution in [-0.2, 0) is 4.79 Å². The second kappa shape index (κ2) is 6.59. The van der Waals surface area contributed by atoms with Crippen LogP contribution in [0.25, 0.3) is 0 Å². The summed E-state index contributed by atoms with van der Waals surface area (Å²) in [4.78, 5) is 12.2. The summed E-state index contributed by atoms with van der Waals surface area (Å²) in [5.41, 5.74) is 0. The van der Waals surface area contributed by atoms with Gasteiger partial charge in [0.1, 0.15) is 5.82 Å². The van der Waals surface area contributed by atoms with Crippen LogP contribution in [0.2, 0.25) is 0 Å². The van der Waals surface area contributed by atoms with Crippen LogP contribution in [-0.4, -0.2) is 28.8 Å². The summed E-state index contributed by atoms with van der Waals surface area (Å²) in [7, 11) is 0. The van der Waals surface area contributed by atoms with E-state index in [1.165, 1.54) is 12.8 Å². The second-order valence-corrected chi connectivity index (χ2v) is 5.75. The molecular formula is C14H23ClN4O. The summed E-state index contributed by atoms with van der Waals surface area (Å²) in [6, 6.07) is 2.29. The van der Waals surface area contributed by atoms with E-state index in [0.29, 0.717) is 6.04 Å². The van der Waals surface area contributed by atoms with E-state index in [0.717, 1.165) is 37.7 Å². The zero-order valence-electron chi connectivity index (χ0n) is 11.8. The van der Waals surface area contributed by atoms with Crippen LogP contribution < -0.4 is 10.6 Å². The molecule has 0 aromatic carbocycles. The zero-order valence-corrected chi connectivity index (χ0v) is 12.7. The molecule has 2 fully saturated rings. The molecule has 1 aliphatic heterocycles. The predicted molar refractivity (Wildman–Crippen MR) is 81.1 cm³/mol. The number of piperidine rings is 1. The molecule has 1 amide bonds. The molecule has 0 bridgehead atoms. The molecule has 2 heterocycles. The standard InChI is InChI=1S/C14H22N4O.ClH/c1-10(11-2-3-11)18-13(6-9-16-18)17-14(19)12-4-7-15-8-5-12;/h6,9-12,15H,2-5,7-8H2,1H3,(H,17,19);1H. The highest BCUT2D eigenvalue weighted by molar-refractivity contribution is 5.91. The molecular weight excluding hydrogens is 276 g/mol. The Morgan fingerprint density at radius 2 is 2.10 bits per heavy atom. The van der Waals surface area contributed by atoms with Gasteiger partial charge in [0.15, 0.2) is 0 Å². The van der Waals surface area contributed by atoms with Crippen LogP contribution in [0.4, 0.5) is 5.82 Å². The molecule has 112 valence electrons. The van der Waals surface area contributed by atoms with Crippen LogP contribution in [0.1, 0.15) is 38.6 Å². The fraction of sp³-hybridized carbons (Fsp3) is 0.714. The number of rotatable bonds is 4. The molecule has 6 heteroatoms. The van der Waals surface area contributed by atoms with Gasteiger partial charge >= 0.3 is 0 Å². The average molecular weight is 299 g/mol. The highest BCUT2D eigenvalue weighted by Crippen LogP contribution is 2.40. The Labute approximate surface area is 125 Å². The second-order valence-electron chi connectivity index (χ2n) is 5.75. The molecule has 3 rings (SSSR count). The lowest BCUT2D eigenvalue weighted by Crippen LogP contribution is -2.35. The monoisotopic (exact) mass is 298 g/mol. The van der Waals surface area contributed by atoms with Gasteiger partial charge in [-0.2, -0.15) is 5.10 Å². The Hall–Kier alpha value is -1.07. The summed E-state index contributed by atoms with van der Waals surface area (Å²) < 4.78 is 1.97. The number of hydrogen-bond donors (Lipinski definition) is 2. The molecule has 1 saturated carbocycles. The van der Waals surface area contributed by atoms with E-state index >= 15 is 0 Å². The van der Waals surface area contributed by atoms with Gasteiger partial charge in [0.05, 0.1) is 12.2 Å². The summed E-state index contributed by atoms with van der Waals surface area (Å²) in [6.45, 7) is 4.07. The third kappa shape index (κ3) is 3.33. The van der Waals surface area contributed by atoms with Gasteiger partial charge in [-0.15, -0.1) is 12.4 Å². The van der Waals surface area contributed by atoms with Gasteiger partial charge < -0.3 is 10.6 Å². The van der Waals surface area contributed by atoms with E-state index in [1.807, 2.05) is 10.7 Å². The zero-order chi connectivity index (χ0) is 13.2. The highest BCUT2D eigenvalue weighted by atomic mass is 35.5. The summed E-state index contributed by atoms with van der Waals surface area (Å²) in [5, 5.41) is 10.7. The number of anilines is 1. The van der Waals surface area contributed by atoms with Crippen molar-refractivity contribution in [3.8, 4) is 0 Å². The normalized spacial score (nSPS) is 21.1. The molecule has 1 unspecified atom stereocenters. The number of hydrogen-bond acceptors (Lipinski definition) is 3. The Bertz CT molecular complexity index is 452. The van der Waals surface area contributed by atoms with Gasteiger partial charge in [-0.1, -0.05) is 0 Å². The highest BCUT2D eigenvalue weighted by Gasteiger charge is 2.31. The lowest BCUT2D eigenvalue weighted by molar-refractivity contribution is -0.120. The van der Waals surface area contributed by atoms with E-state index < -0.39 is 0 Å². The van der Waals surface area contributed by atoms with Crippen molar-refractivity contribution < 1.29 is 4.79 Å². The van der Waals surface area contributed by atoms with Crippen LogP contribution in [0, 0.1) is 11.8 Å². The first kappa shape index (κ1) is 15.3. The van der Waals surface area contributed by atoms with E-state index in [2.05, 4.69) is 22.7 Å². The fourth-order valence-corrected chi connectivity index (χ4v) is 2.83. The van der Waals surface area contributed by atoms with E-state index in [9.17, 15) is 4.79 Å². The van der Waals surface area contributed by atoms with Crippen LogP contribution >= 0.6 is 12.4 Å². The van der Waals surface area contributed by atoms with Crippen molar-refractivity contribution in [3.05, 3.63) is 12.3 Å². The molecule has 1 aliphatic carbocycles. The number of nitrogens with zero attached hydrogens (tertiary/aromatic N) is 2. The van der Waals surface area contributed by atoms with Crippen LogP contribution in [0.5, 0.6) is 0 Å². The topological polar surface area (TPSA) is 59.0 Å². The molecule has 0 spiro atoms. The molecule has 2 aliphatic rings.